The Labute approximate surface area is 203 Å². The van der Waals surface area contributed by atoms with Gasteiger partial charge in [0.1, 0.15) is 24.3 Å². The van der Waals surface area contributed by atoms with Crippen molar-refractivity contribution >= 4 is 23.9 Å². The van der Waals surface area contributed by atoms with Crippen LogP contribution in [0.1, 0.15) is 49.4 Å². The highest BCUT2D eigenvalue weighted by molar-refractivity contribution is 5.97. The molecule has 1 aromatic heterocycles. The van der Waals surface area contributed by atoms with E-state index in [-0.39, 0.29) is 24.5 Å². The monoisotopic (exact) mass is 489 g/mol. The summed E-state index contributed by atoms with van der Waals surface area (Å²) in [7, 11) is 0. The van der Waals surface area contributed by atoms with Gasteiger partial charge in [0.25, 0.3) is 5.91 Å². The maximum atomic E-state index is 12.6. The number of amides is 2. The molecule has 12 heteroatoms. The van der Waals surface area contributed by atoms with Crippen LogP contribution in [0.5, 0.6) is 11.5 Å². The molecule has 0 aliphatic carbocycles. The van der Waals surface area contributed by atoms with Crippen molar-refractivity contribution in [3.8, 4) is 11.5 Å². The van der Waals surface area contributed by atoms with E-state index in [2.05, 4.69) is 32.8 Å². The molecule has 0 saturated heterocycles. The third kappa shape index (κ3) is 10.6. The molecule has 2 amide bonds. The SMILES string of the molecule is CCCCCCOC(=O)NC(CC(=O)O)NC(=O)c1ccc(OCCNc2ncccn2)cc1O. The standard InChI is InChI=1S/C23H31N5O7/c1-2-3-4-5-12-35-23(33)28-19(15-20(30)31)27-21(32)17-8-7-16(14-18(17)29)34-13-11-26-22-24-9-6-10-25-22/h6-10,14,19,29H,2-5,11-13,15H2,1H3,(H,27,32)(H,28,33)(H,30,31)(H,24,25,26). The summed E-state index contributed by atoms with van der Waals surface area (Å²) in [5.74, 6) is -1.60. The topological polar surface area (TPSA) is 172 Å². The van der Waals surface area contributed by atoms with Gasteiger partial charge in [0.2, 0.25) is 5.95 Å². The maximum Gasteiger partial charge on any atom is 0.408 e. The van der Waals surface area contributed by atoms with Gasteiger partial charge in [-0.2, -0.15) is 0 Å². The van der Waals surface area contributed by atoms with Gasteiger partial charge < -0.3 is 35.6 Å². The third-order valence-corrected chi connectivity index (χ3v) is 4.64. The van der Waals surface area contributed by atoms with E-state index >= 15 is 0 Å². The van der Waals surface area contributed by atoms with Crippen LogP contribution in [0.2, 0.25) is 0 Å². The van der Waals surface area contributed by atoms with Gasteiger partial charge >= 0.3 is 12.1 Å². The van der Waals surface area contributed by atoms with Crippen LogP contribution in [-0.2, 0) is 9.53 Å². The molecule has 5 N–H and O–H groups in total. The Bertz CT molecular complexity index is 959. The molecule has 2 rings (SSSR count). The number of carboxylic acid groups (broad SMARTS) is 1. The fraction of sp³-hybridized carbons (Fsp3) is 0.435. The summed E-state index contributed by atoms with van der Waals surface area (Å²) in [6, 6.07) is 5.77. The first-order chi connectivity index (χ1) is 16.9. The minimum atomic E-state index is -1.24. The number of carbonyl (C=O) groups excluding carboxylic acids is 2. The zero-order chi connectivity index (χ0) is 25.5. The number of nitrogens with zero attached hydrogens (tertiary/aromatic N) is 2. The van der Waals surface area contributed by atoms with E-state index in [1.807, 2.05) is 0 Å². The van der Waals surface area contributed by atoms with Crippen molar-refractivity contribution in [2.24, 2.45) is 0 Å². The number of phenolic OH excluding ortho intramolecular Hbond substituents is 1. The third-order valence-electron chi connectivity index (χ3n) is 4.64. The molecule has 12 nitrogen and oxygen atoms in total. The summed E-state index contributed by atoms with van der Waals surface area (Å²) >= 11 is 0. The average Bonchev–Trinajstić information content (AvgIpc) is 2.82. The highest BCUT2D eigenvalue weighted by Gasteiger charge is 2.21. The molecule has 190 valence electrons. The van der Waals surface area contributed by atoms with Gasteiger partial charge in [-0.15, -0.1) is 0 Å². The molecule has 1 unspecified atom stereocenters. The summed E-state index contributed by atoms with van der Waals surface area (Å²) in [6.45, 7) is 2.90. The number of carboxylic acids is 1. The number of rotatable bonds is 15. The van der Waals surface area contributed by atoms with Crippen molar-refractivity contribution in [2.45, 2.75) is 45.2 Å². The van der Waals surface area contributed by atoms with Gasteiger partial charge in [-0.1, -0.05) is 26.2 Å². The number of anilines is 1. The first-order valence-electron chi connectivity index (χ1n) is 11.3. The molecule has 0 bridgehead atoms. The van der Waals surface area contributed by atoms with Crippen molar-refractivity contribution in [3.63, 3.8) is 0 Å². The largest absolute Gasteiger partial charge is 0.507 e. The number of ether oxygens (including phenoxy) is 2. The number of aromatic nitrogens is 2. The minimum absolute atomic E-state index is 0.113. The van der Waals surface area contributed by atoms with E-state index in [1.54, 1.807) is 18.5 Å². The predicted octanol–water partition coefficient (Wildman–Crippen LogP) is 2.51. The quantitative estimate of drug-likeness (QED) is 0.185. The van der Waals surface area contributed by atoms with E-state index in [0.717, 1.165) is 19.3 Å². The summed E-state index contributed by atoms with van der Waals surface area (Å²) in [5, 5.41) is 27.0. The van der Waals surface area contributed by atoms with Crippen LogP contribution in [0.15, 0.2) is 36.7 Å². The van der Waals surface area contributed by atoms with Crippen LogP contribution >= 0.6 is 0 Å². The van der Waals surface area contributed by atoms with E-state index in [9.17, 15) is 19.5 Å². The Hall–Kier alpha value is -4.09. The molecule has 1 atom stereocenters. The number of hydrogen-bond donors (Lipinski definition) is 5. The van der Waals surface area contributed by atoms with Crippen LogP contribution in [-0.4, -0.2) is 64.1 Å². The van der Waals surface area contributed by atoms with Gasteiger partial charge in [0.05, 0.1) is 25.1 Å². The number of benzene rings is 1. The van der Waals surface area contributed by atoms with Crippen molar-refractivity contribution in [1.82, 2.24) is 20.6 Å². The molecule has 0 spiro atoms. The number of unbranched alkanes of at least 4 members (excludes halogenated alkanes) is 3. The molecule has 1 heterocycles. The smallest absolute Gasteiger partial charge is 0.408 e. The number of aliphatic carboxylic acids is 1. The second kappa shape index (κ2) is 14.9. The second-order valence-electron chi connectivity index (χ2n) is 7.49. The Morgan fingerprint density at radius 3 is 2.51 bits per heavy atom. The Morgan fingerprint density at radius 2 is 1.83 bits per heavy atom. The van der Waals surface area contributed by atoms with Crippen molar-refractivity contribution in [3.05, 3.63) is 42.2 Å². The molecule has 2 aromatic rings. The lowest BCUT2D eigenvalue weighted by Gasteiger charge is -2.19. The number of nitrogens with one attached hydrogen (secondary N) is 3. The zero-order valence-corrected chi connectivity index (χ0v) is 19.5. The second-order valence-corrected chi connectivity index (χ2v) is 7.49. The lowest BCUT2D eigenvalue weighted by molar-refractivity contribution is -0.137. The van der Waals surface area contributed by atoms with Gasteiger partial charge in [0, 0.05) is 18.5 Å². The van der Waals surface area contributed by atoms with Crippen molar-refractivity contribution in [2.75, 3.05) is 25.1 Å². The fourth-order valence-electron chi connectivity index (χ4n) is 2.94. The number of alkyl carbamates (subject to hydrolysis) is 1. The summed E-state index contributed by atoms with van der Waals surface area (Å²) in [5.41, 5.74) is -0.113. The molecule has 1 aromatic carbocycles. The van der Waals surface area contributed by atoms with Gasteiger partial charge in [-0.25, -0.2) is 14.8 Å². The highest BCUT2D eigenvalue weighted by atomic mass is 16.5. The molecule has 0 saturated carbocycles. The highest BCUT2D eigenvalue weighted by Crippen LogP contribution is 2.23. The zero-order valence-electron chi connectivity index (χ0n) is 19.5. The Balaban J connectivity index is 1.85. The summed E-state index contributed by atoms with van der Waals surface area (Å²) in [6.07, 6.45) is 4.23. The first-order valence-corrected chi connectivity index (χ1v) is 11.3. The number of aromatic hydroxyl groups is 1. The van der Waals surface area contributed by atoms with E-state index < -0.39 is 30.6 Å². The molecule has 0 radical (unpaired) electrons. The van der Waals surface area contributed by atoms with Gasteiger partial charge in [-0.05, 0) is 24.6 Å². The lowest BCUT2D eigenvalue weighted by Crippen LogP contribution is -2.49. The van der Waals surface area contributed by atoms with Gasteiger partial charge in [0.15, 0.2) is 0 Å². The molecule has 0 aliphatic rings. The van der Waals surface area contributed by atoms with Crippen LogP contribution in [0.25, 0.3) is 0 Å². The van der Waals surface area contributed by atoms with Crippen LogP contribution in [0.3, 0.4) is 0 Å². The first kappa shape index (κ1) is 27.2. The maximum absolute atomic E-state index is 12.6. The van der Waals surface area contributed by atoms with E-state index in [0.29, 0.717) is 24.7 Å². The minimum Gasteiger partial charge on any atom is -0.507 e. The number of carbonyl (C=O) groups is 3. The van der Waals surface area contributed by atoms with Crippen LogP contribution in [0.4, 0.5) is 10.7 Å². The molecular formula is C23H31N5O7. The van der Waals surface area contributed by atoms with Crippen molar-refractivity contribution in [1.29, 1.82) is 0 Å². The molecule has 35 heavy (non-hydrogen) atoms. The molecular weight excluding hydrogens is 458 g/mol. The van der Waals surface area contributed by atoms with Gasteiger partial charge in [-0.3, -0.25) is 9.59 Å². The number of hydrogen-bond acceptors (Lipinski definition) is 9. The Morgan fingerprint density at radius 1 is 1.06 bits per heavy atom. The normalized spacial score (nSPS) is 11.2. The number of phenols is 1. The van der Waals surface area contributed by atoms with E-state index in [4.69, 9.17) is 14.6 Å². The lowest BCUT2D eigenvalue weighted by atomic mass is 10.1. The Kier molecular flexibility index (Phi) is 11.6. The van der Waals surface area contributed by atoms with Crippen LogP contribution < -0.4 is 20.7 Å². The van der Waals surface area contributed by atoms with E-state index in [1.165, 1.54) is 18.2 Å². The fourth-order valence-corrected chi connectivity index (χ4v) is 2.94. The summed E-state index contributed by atoms with van der Waals surface area (Å²) in [4.78, 5) is 43.7. The predicted molar refractivity (Wildman–Crippen MR) is 126 cm³/mol. The average molecular weight is 490 g/mol. The molecule has 0 fully saturated rings. The van der Waals surface area contributed by atoms with Crippen LogP contribution in [0, 0.1) is 0 Å². The summed E-state index contributed by atoms with van der Waals surface area (Å²) < 4.78 is 10.6. The molecule has 0 aliphatic heterocycles. The van der Waals surface area contributed by atoms with Crippen molar-refractivity contribution < 1.29 is 34.1 Å².